The van der Waals surface area contributed by atoms with Gasteiger partial charge in [0.1, 0.15) is 0 Å². The van der Waals surface area contributed by atoms with Gasteiger partial charge in [-0.2, -0.15) is 0 Å². The minimum Gasteiger partial charge on any atom is -0.362 e. The molecule has 0 atom stereocenters. The van der Waals surface area contributed by atoms with E-state index in [2.05, 4.69) is 66.1 Å². The van der Waals surface area contributed by atoms with Crippen LogP contribution < -0.4 is 10.6 Å². The second-order valence-electron chi connectivity index (χ2n) is 5.77. The summed E-state index contributed by atoms with van der Waals surface area (Å²) in [4.78, 5) is 0. The number of aryl methyl sites for hydroxylation is 2. The third kappa shape index (κ3) is 6.83. The highest BCUT2D eigenvalue weighted by molar-refractivity contribution is 7.80. The van der Waals surface area contributed by atoms with Gasteiger partial charge in [0, 0.05) is 12.2 Å². The summed E-state index contributed by atoms with van der Waals surface area (Å²) in [6.07, 6.45) is 5.77. The van der Waals surface area contributed by atoms with Crippen LogP contribution in [-0.2, 0) is 12.8 Å². The van der Waals surface area contributed by atoms with E-state index in [0.29, 0.717) is 5.11 Å². The average Bonchev–Trinajstić information content (AvgIpc) is 2.59. The van der Waals surface area contributed by atoms with E-state index in [1.807, 2.05) is 6.07 Å². The molecular formula is C20H26N2S. The Labute approximate surface area is 145 Å². The van der Waals surface area contributed by atoms with Gasteiger partial charge < -0.3 is 10.6 Å². The number of hydrogen-bond acceptors (Lipinski definition) is 1. The van der Waals surface area contributed by atoms with Gasteiger partial charge >= 0.3 is 0 Å². The maximum atomic E-state index is 5.35. The van der Waals surface area contributed by atoms with Crippen molar-refractivity contribution in [3.8, 4) is 0 Å². The number of benzene rings is 2. The quantitative estimate of drug-likeness (QED) is 0.530. The molecular weight excluding hydrogens is 300 g/mol. The van der Waals surface area contributed by atoms with Gasteiger partial charge in [0.25, 0.3) is 0 Å². The van der Waals surface area contributed by atoms with Crippen molar-refractivity contribution in [3.63, 3.8) is 0 Å². The van der Waals surface area contributed by atoms with Crippen LogP contribution in [0.3, 0.4) is 0 Å². The Morgan fingerprint density at radius 3 is 2.22 bits per heavy atom. The van der Waals surface area contributed by atoms with E-state index in [4.69, 9.17) is 12.2 Å². The van der Waals surface area contributed by atoms with Crippen LogP contribution in [0.1, 0.15) is 37.3 Å². The van der Waals surface area contributed by atoms with Crippen molar-refractivity contribution in [1.29, 1.82) is 0 Å². The molecule has 23 heavy (non-hydrogen) atoms. The highest BCUT2D eigenvalue weighted by atomic mass is 32.1. The Morgan fingerprint density at radius 2 is 1.52 bits per heavy atom. The first-order chi connectivity index (χ1) is 11.3. The topological polar surface area (TPSA) is 24.1 Å². The molecule has 0 spiro atoms. The fourth-order valence-electron chi connectivity index (χ4n) is 2.45. The normalized spacial score (nSPS) is 10.3. The molecule has 2 nitrogen and oxygen atoms in total. The first kappa shape index (κ1) is 17.5. The first-order valence-electron chi connectivity index (χ1n) is 8.45. The number of anilines is 1. The van der Waals surface area contributed by atoms with Crippen LogP contribution in [0.15, 0.2) is 54.6 Å². The Bertz CT molecular complexity index is 578. The third-order valence-electron chi connectivity index (χ3n) is 3.80. The molecule has 0 unspecified atom stereocenters. The summed E-state index contributed by atoms with van der Waals surface area (Å²) in [5.74, 6) is 0. The number of hydrogen-bond donors (Lipinski definition) is 2. The van der Waals surface area contributed by atoms with Crippen molar-refractivity contribution in [2.45, 2.75) is 39.0 Å². The molecule has 2 N–H and O–H groups in total. The predicted octanol–water partition coefficient (Wildman–Crippen LogP) is 4.95. The lowest BCUT2D eigenvalue weighted by molar-refractivity contribution is 0.777. The summed E-state index contributed by atoms with van der Waals surface area (Å²) >= 11 is 5.35. The number of thiocarbonyl (C=S) groups is 1. The summed E-state index contributed by atoms with van der Waals surface area (Å²) in [6.45, 7) is 3.10. The second-order valence-corrected chi connectivity index (χ2v) is 6.18. The van der Waals surface area contributed by atoms with Crippen LogP contribution in [0.4, 0.5) is 5.69 Å². The minimum atomic E-state index is 0.694. The van der Waals surface area contributed by atoms with E-state index in [9.17, 15) is 0 Å². The van der Waals surface area contributed by atoms with Crippen molar-refractivity contribution in [2.75, 3.05) is 11.9 Å². The van der Waals surface area contributed by atoms with Gasteiger partial charge in [0.15, 0.2) is 5.11 Å². The zero-order chi connectivity index (χ0) is 16.3. The van der Waals surface area contributed by atoms with Gasteiger partial charge in [-0.25, -0.2) is 0 Å². The summed E-state index contributed by atoms with van der Waals surface area (Å²) in [6, 6.07) is 19.1. The molecule has 0 saturated heterocycles. The monoisotopic (exact) mass is 326 g/mol. The highest BCUT2D eigenvalue weighted by Gasteiger charge is 1.99. The highest BCUT2D eigenvalue weighted by Crippen LogP contribution is 2.11. The molecule has 2 rings (SSSR count). The van der Waals surface area contributed by atoms with Gasteiger partial charge in [-0.3, -0.25) is 0 Å². The van der Waals surface area contributed by atoms with Gasteiger partial charge in [0.2, 0.25) is 0 Å². The molecule has 2 aromatic carbocycles. The maximum Gasteiger partial charge on any atom is 0.170 e. The van der Waals surface area contributed by atoms with E-state index in [1.54, 1.807) is 0 Å². The molecule has 0 fully saturated rings. The van der Waals surface area contributed by atoms with Crippen LogP contribution in [-0.4, -0.2) is 11.7 Å². The maximum absolute atomic E-state index is 5.35. The van der Waals surface area contributed by atoms with Gasteiger partial charge in [0.05, 0.1) is 0 Å². The molecule has 3 heteroatoms. The number of rotatable bonds is 8. The van der Waals surface area contributed by atoms with E-state index in [1.165, 1.54) is 24.0 Å². The van der Waals surface area contributed by atoms with Crippen molar-refractivity contribution >= 4 is 23.0 Å². The molecule has 122 valence electrons. The summed E-state index contributed by atoms with van der Waals surface area (Å²) in [7, 11) is 0. The largest absolute Gasteiger partial charge is 0.362 e. The van der Waals surface area contributed by atoms with E-state index in [-0.39, 0.29) is 0 Å². The molecule has 0 heterocycles. The van der Waals surface area contributed by atoms with Gasteiger partial charge in [-0.1, -0.05) is 55.8 Å². The van der Waals surface area contributed by atoms with Gasteiger partial charge in [-0.15, -0.1) is 0 Å². The van der Waals surface area contributed by atoms with Crippen LogP contribution in [0, 0.1) is 0 Å². The lowest BCUT2D eigenvalue weighted by Gasteiger charge is -2.11. The van der Waals surface area contributed by atoms with Crippen molar-refractivity contribution in [1.82, 2.24) is 5.32 Å². The third-order valence-corrected chi connectivity index (χ3v) is 4.05. The molecule has 0 aliphatic carbocycles. The summed E-state index contributed by atoms with van der Waals surface area (Å²) in [5.41, 5.74) is 3.81. The smallest absolute Gasteiger partial charge is 0.170 e. The average molecular weight is 327 g/mol. The predicted molar refractivity (Wildman–Crippen MR) is 104 cm³/mol. The molecule has 0 aliphatic rings. The second kappa shape index (κ2) is 10.0. The fraction of sp³-hybridized carbons (Fsp3) is 0.350. The zero-order valence-electron chi connectivity index (χ0n) is 13.8. The van der Waals surface area contributed by atoms with E-state index >= 15 is 0 Å². The Balaban J connectivity index is 1.66. The lowest BCUT2D eigenvalue weighted by atomic mass is 10.1. The van der Waals surface area contributed by atoms with Crippen molar-refractivity contribution in [2.24, 2.45) is 0 Å². The first-order valence-corrected chi connectivity index (χ1v) is 8.86. The van der Waals surface area contributed by atoms with Crippen LogP contribution in [0.5, 0.6) is 0 Å². The zero-order valence-corrected chi connectivity index (χ0v) is 14.7. The minimum absolute atomic E-state index is 0.694. The molecule has 0 saturated carbocycles. The Kier molecular flexibility index (Phi) is 7.61. The Hall–Kier alpha value is -1.87. The molecule has 0 aromatic heterocycles. The van der Waals surface area contributed by atoms with Crippen LogP contribution in [0.25, 0.3) is 0 Å². The number of unbranched alkanes of at least 4 members (excludes halogenated alkanes) is 1. The summed E-state index contributed by atoms with van der Waals surface area (Å²) in [5, 5.41) is 7.21. The SMILES string of the molecule is CCCCc1ccc(NC(=S)NCCCc2ccccc2)cc1. The van der Waals surface area contributed by atoms with E-state index in [0.717, 1.165) is 31.5 Å². The van der Waals surface area contributed by atoms with Crippen molar-refractivity contribution in [3.05, 3.63) is 65.7 Å². The Morgan fingerprint density at radius 1 is 0.870 bits per heavy atom. The fourth-order valence-corrected chi connectivity index (χ4v) is 2.67. The molecule has 0 amide bonds. The van der Waals surface area contributed by atoms with Crippen molar-refractivity contribution < 1.29 is 0 Å². The standard InChI is InChI=1S/C20H26N2S/c1-2-3-8-18-12-14-19(15-13-18)22-20(23)21-16-7-11-17-9-5-4-6-10-17/h4-6,9-10,12-15H,2-3,7-8,11,16H2,1H3,(H2,21,22,23). The van der Waals surface area contributed by atoms with Crippen LogP contribution >= 0.6 is 12.2 Å². The van der Waals surface area contributed by atoms with E-state index < -0.39 is 0 Å². The number of nitrogens with one attached hydrogen (secondary N) is 2. The van der Waals surface area contributed by atoms with Gasteiger partial charge in [-0.05, 0) is 61.2 Å². The molecule has 0 bridgehead atoms. The van der Waals surface area contributed by atoms with Crippen LogP contribution in [0.2, 0.25) is 0 Å². The molecule has 2 aromatic rings. The lowest BCUT2D eigenvalue weighted by Crippen LogP contribution is -2.29. The molecule has 0 radical (unpaired) electrons. The summed E-state index contributed by atoms with van der Waals surface area (Å²) < 4.78 is 0. The molecule has 0 aliphatic heterocycles.